The Morgan fingerprint density at radius 2 is 0.732 bits per heavy atom. The van der Waals surface area contributed by atoms with Crippen molar-refractivity contribution in [2.24, 2.45) is 0 Å². The van der Waals surface area contributed by atoms with E-state index in [-0.39, 0.29) is 0 Å². The van der Waals surface area contributed by atoms with Gasteiger partial charge in [-0.3, -0.25) is 0 Å². The van der Waals surface area contributed by atoms with Crippen molar-refractivity contribution in [1.29, 1.82) is 0 Å². The van der Waals surface area contributed by atoms with Crippen molar-refractivity contribution in [2.45, 2.75) is 0 Å². The van der Waals surface area contributed by atoms with Gasteiger partial charge in [-0.2, -0.15) is 0 Å². The predicted molar refractivity (Wildman–Crippen MR) is 237 cm³/mol. The molecule has 9 aromatic carbocycles. The second-order valence-corrected chi connectivity index (χ2v) is 14.1. The summed E-state index contributed by atoms with van der Waals surface area (Å²) in [4.78, 5) is 2.44. The van der Waals surface area contributed by atoms with Crippen LogP contribution in [0.2, 0.25) is 0 Å². The molecule has 0 saturated carbocycles. The largest absolute Gasteiger partial charge is 0.309 e. The Balaban J connectivity index is 1.16. The summed E-state index contributed by atoms with van der Waals surface area (Å²) in [5, 5.41) is 2.41. The van der Waals surface area contributed by atoms with Crippen LogP contribution in [0.25, 0.3) is 72.0 Å². The maximum absolute atomic E-state index is 2.44. The van der Waals surface area contributed by atoms with E-state index >= 15 is 0 Å². The van der Waals surface area contributed by atoms with Gasteiger partial charge in [0.2, 0.25) is 0 Å². The highest BCUT2D eigenvalue weighted by molar-refractivity contribution is 6.17. The highest BCUT2D eigenvalue weighted by Crippen LogP contribution is 2.47. The lowest BCUT2D eigenvalue weighted by Gasteiger charge is -2.29. The number of nitrogens with zero attached hydrogens (tertiary/aromatic N) is 2. The van der Waals surface area contributed by atoms with Crippen molar-refractivity contribution in [1.82, 2.24) is 4.57 Å². The van der Waals surface area contributed by atoms with Crippen molar-refractivity contribution in [3.8, 4) is 50.2 Å². The van der Waals surface area contributed by atoms with E-state index < -0.39 is 0 Å². The fourth-order valence-corrected chi connectivity index (χ4v) is 8.33. The van der Waals surface area contributed by atoms with E-state index in [1.807, 2.05) is 0 Å². The Morgan fingerprint density at radius 1 is 0.286 bits per heavy atom. The molecule has 1 aromatic heterocycles. The first-order chi connectivity index (χ1) is 27.8. The Morgan fingerprint density at radius 3 is 1.38 bits per heavy atom. The zero-order valence-electron chi connectivity index (χ0n) is 30.8. The monoisotopic (exact) mass is 714 g/mol. The average molecular weight is 715 g/mol. The van der Waals surface area contributed by atoms with E-state index in [4.69, 9.17) is 0 Å². The maximum Gasteiger partial charge on any atom is 0.0562 e. The fraction of sp³-hybridized carbons (Fsp3) is 0. The molecule has 0 bridgehead atoms. The van der Waals surface area contributed by atoms with E-state index in [0.717, 1.165) is 28.3 Å². The van der Waals surface area contributed by atoms with Gasteiger partial charge < -0.3 is 9.47 Å². The van der Waals surface area contributed by atoms with Crippen LogP contribution in [0.1, 0.15) is 0 Å². The second kappa shape index (κ2) is 14.4. The van der Waals surface area contributed by atoms with Crippen LogP contribution in [0.3, 0.4) is 0 Å². The summed E-state index contributed by atoms with van der Waals surface area (Å²) in [5.41, 5.74) is 16.4. The topological polar surface area (TPSA) is 8.17 Å². The lowest BCUT2D eigenvalue weighted by molar-refractivity contribution is 1.18. The minimum absolute atomic E-state index is 1.10. The van der Waals surface area contributed by atoms with Gasteiger partial charge in [0.1, 0.15) is 0 Å². The summed E-state index contributed by atoms with van der Waals surface area (Å²) in [7, 11) is 0. The summed E-state index contributed by atoms with van der Waals surface area (Å²) >= 11 is 0. The van der Waals surface area contributed by atoms with Crippen LogP contribution in [-0.4, -0.2) is 4.57 Å². The molecule has 56 heavy (non-hydrogen) atoms. The molecule has 0 amide bonds. The van der Waals surface area contributed by atoms with E-state index in [9.17, 15) is 0 Å². The average Bonchev–Trinajstić information content (AvgIpc) is 3.63. The first kappa shape index (κ1) is 33.2. The van der Waals surface area contributed by atoms with Crippen LogP contribution in [0.5, 0.6) is 0 Å². The summed E-state index contributed by atoms with van der Waals surface area (Å²) in [6.45, 7) is 0. The van der Waals surface area contributed by atoms with Crippen molar-refractivity contribution in [3.63, 3.8) is 0 Å². The molecule has 0 N–H and O–H groups in total. The number of aromatic nitrogens is 1. The smallest absolute Gasteiger partial charge is 0.0562 e. The molecule has 264 valence electrons. The number of rotatable bonds is 8. The van der Waals surface area contributed by atoms with Crippen molar-refractivity contribution >= 4 is 38.9 Å². The molecule has 0 saturated heterocycles. The molecule has 0 fully saturated rings. The van der Waals surface area contributed by atoms with Gasteiger partial charge in [-0.15, -0.1) is 0 Å². The minimum atomic E-state index is 1.10. The molecule has 0 aliphatic heterocycles. The lowest BCUT2D eigenvalue weighted by atomic mass is 9.93. The van der Waals surface area contributed by atoms with Crippen LogP contribution in [0, 0.1) is 0 Å². The number of para-hydroxylation sites is 3. The third kappa shape index (κ3) is 5.85. The van der Waals surface area contributed by atoms with Gasteiger partial charge in [0.15, 0.2) is 0 Å². The molecule has 1 heterocycles. The van der Waals surface area contributed by atoms with Gasteiger partial charge in [-0.05, 0) is 87.5 Å². The number of anilines is 3. The SMILES string of the molecule is c1ccc(-c2ccccc2-c2ccc(-n3c4ccccc4c4c(N(c5ccccc5)c5ccccc5-c5ccccc5-c5ccccc5)cccc43)cc2)cc1. The van der Waals surface area contributed by atoms with Crippen LogP contribution in [0.4, 0.5) is 17.1 Å². The molecule has 2 heteroatoms. The maximum atomic E-state index is 2.44. The van der Waals surface area contributed by atoms with Crippen molar-refractivity contribution in [3.05, 3.63) is 231 Å². The molecular weight excluding hydrogens is 677 g/mol. The number of benzene rings is 9. The fourth-order valence-electron chi connectivity index (χ4n) is 8.33. The van der Waals surface area contributed by atoms with Gasteiger partial charge in [0.25, 0.3) is 0 Å². The lowest BCUT2D eigenvalue weighted by Crippen LogP contribution is -2.11. The normalized spacial score (nSPS) is 11.2. The first-order valence-electron chi connectivity index (χ1n) is 19.2. The van der Waals surface area contributed by atoms with Gasteiger partial charge in [-0.25, -0.2) is 0 Å². The molecule has 10 aromatic rings. The third-order valence-electron chi connectivity index (χ3n) is 10.8. The summed E-state index contributed by atoms with van der Waals surface area (Å²) in [6.07, 6.45) is 0. The first-order valence-corrected chi connectivity index (χ1v) is 19.2. The summed E-state index contributed by atoms with van der Waals surface area (Å²) in [6, 6.07) is 83.0. The zero-order chi connectivity index (χ0) is 37.3. The molecule has 0 spiro atoms. The zero-order valence-corrected chi connectivity index (χ0v) is 30.8. The molecule has 10 rings (SSSR count). The van der Waals surface area contributed by atoms with E-state index in [2.05, 4.69) is 240 Å². The van der Waals surface area contributed by atoms with Crippen LogP contribution in [0.15, 0.2) is 231 Å². The van der Waals surface area contributed by atoms with Crippen molar-refractivity contribution < 1.29 is 0 Å². The Labute approximate surface area is 327 Å². The minimum Gasteiger partial charge on any atom is -0.309 e. The number of hydrogen-bond acceptors (Lipinski definition) is 1. The Bertz CT molecular complexity index is 2940. The Hall–Kier alpha value is -7.42. The van der Waals surface area contributed by atoms with Crippen LogP contribution >= 0.6 is 0 Å². The standard InChI is InChI=1S/C54H38N2/c1-4-19-39(20-5-1)44-25-10-11-26-45(44)41-35-37-43(38-36-41)56-51-32-17-15-30-49(51)54-52(33-18-34-53(54)56)55(42-23-8-3-9-24-42)50-31-16-14-29-48(50)47-28-13-12-27-46(47)40-21-6-2-7-22-40/h1-38H. The number of fused-ring (bicyclic) bond motifs is 3. The summed E-state index contributed by atoms with van der Waals surface area (Å²) < 4.78 is 2.42. The van der Waals surface area contributed by atoms with Gasteiger partial charge in [0, 0.05) is 27.7 Å². The molecule has 0 atom stereocenters. The molecule has 2 nitrogen and oxygen atoms in total. The molecule has 0 radical (unpaired) electrons. The van der Waals surface area contributed by atoms with E-state index in [1.165, 1.54) is 60.8 Å². The molecule has 0 aliphatic carbocycles. The van der Waals surface area contributed by atoms with Gasteiger partial charge in [0.05, 0.1) is 22.4 Å². The van der Waals surface area contributed by atoms with Crippen molar-refractivity contribution in [2.75, 3.05) is 4.90 Å². The molecule has 0 aliphatic rings. The quantitative estimate of drug-likeness (QED) is 0.152. The van der Waals surface area contributed by atoms with Crippen LogP contribution < -0.4 is 4.90 Å². The highest BCUT2D eigenvalue weighted by atomic mass is 15.1. The molecule has 0 unspecified atom stereocenters. The highest BCUT2D eigenvalue weighted by Gasteiger charge is 2.23. The van der Waals surface area contributed by atoms with Gasteiger partial charge >= 0.3 is 0 Å². The second-order valence-electron chi connectivity index (χ2n) is 14.1. The Kier molecular flexibility index (Phi) is 8.55. The predicted octanol–water partition coefficient (Wildman–Crippen LogP) is 14.9. The number of hydrogen-bond donors (Lipinski definition) is 0. The molecular formula is C54H38N2. The summed E-state index contributed by atoms with van der Waals surface area (Å²) in [5.74, 6) is 0. The van der Waals surface area contributed by atoms with Crippen LogP contribution in [-0.2, 0) is 0 Å². The van der Waals surface area contributed by atoms with E-state index in [0.29, 0.717) is 0 Å². The van der Waals surface area contributed by atoms with Gasteiger partial charge in [-0.1, -0.05) is 182 Å². The van der Waals surface area contributed by atoms with E-state index in [1.54, 1.807) is 0 Å². The third-order valence-corrected chi connectivity index (χ3v) is 10.8.